The minimum absolute atomic E-state index is 0.322. The lowest BCUT2D eigenvalue weighted by molar-refractivity contribution is 0.113. The number of nitrogens with zero attached hydrogens (tertiary/aromatic N) is 1. The van der Waals surface area contributed by atoms with Gasteiger partial charge in [0.05, 0.1) is 5.84 Å². The van der Waals surface area contributed by atoms with Crippen LogP contribution in [0.1, 0.15) is 39.5 Å². The number of nitrogens with two attached hydrogens (primary N) is 1. The van der Waals surface area contributed by atoms with Crippen LogP contribution in [0.15, 0.2) is 0 Å². The van der Waals surface area contributed by atoms with E-state index in [9.17, 15) is 0 Å². The van der Waals surface area contributed by atoms with Crippen molar-refractivity contribution >= 4 is 5.84 Å². The van der Waals surface area contributed by atoms with Crippen molar-refractivity contribution in [2.45, 2.75) is 45.6 Å². The SMILES string of the molecule is CC1CCCN(CCCC(=N)N)C1C. The normalized spacial score (nSPS) is 29.0. The van der Waals surface area contributed by atoms with Crippen LogP contribution in [-0.4, -0.2) is 29.9 Å². The molecule has 0 aromatic carbocycles. The standard InChI is InChI=1S/C11H23N3/c1-9-5-3-7-14(10(9)2)8-4-6-11(12)13/h9-10H,3-8H2,1-2H3,(H3,12,13). The Bertz CT molecular complexity index is 191. The summed E-state index contributed by atoms with van der Waals surface area (Å²) in [6.07, 6.45) is 4.47. The van der Waals surface area contributed by atoms with E-state index in [2.05, 4.69) is 18.7 Å². The number of piperidine rings is 1. The lowest BCUT2D eigenvalue weighted by Crippen LogP contribution is -2.42. The van der Waals surface area contributed by atoms with Gasteiger partial charge in [-0.25, -0.2) is 0 Å². The molecule has 1 heterocycles. The van der Waals surface area contributed by atoms with Gasteiger partial charge in [0.2, 0.25) is 0 Å². The Morgan fingerprint density at radius 1 is 1.50 bits per heavy atom. The van der Waals surface area contributed by atoms with E-state index in [1.807, 2.05) is 0 Å². The van der Waals surface area contributed by atoms with Gasteiger partial charge in [-0.2, -0.15) is 0 Å². The third kappa shape index (κ3) is 3.29. The van der Waals surface area contributed by atoms with E-state index >= 15 is 0 Å². The van der Waals surface area contributed by atoms with E-state index in [1.54, 1.807) is 0 Å². The predicted molar refractivity (Wildman–Crippen MR) is 60.6 cm³/mol. The Kier molecular flexibility index (Phi) is 4.39. The lowest BCUT2D eigenvalue weighted by atomic mass is 9.92. The summed E-state index contributed by atoms with van der Waals surface area (Å²) in [5.74, 6) is 1.14. The molecule has 1 fully saturated rings. The Hall–Kier alpha value is -0.570. The second kappa shape index (κ2) is 5.35. The summed E-state index contributed by atoms with van der Waals surface area (Å²) in [5, 5.41) is 7.16. The van der Waals surface area contributed by atoms with Crippen LogP contribution in [-0.2, 0) is 0 Å². The van der Waals surface area contributed by atoms with Crippen molar-refractivity contribution in [3.05, 3.63) is 0 Å². The van der Waals surface area contributed by atoms with Gasteiger partial charge in [-0.3, -0.25) is 5.41 Å². The molecule has 0 spiro atoms. The quantitative estimate of drug-likeness (QED) is 0.533. The molecule has 1 aliphatic rings. The number of likely N-dealkylation sites (tertiary alicyclic amines) is 1. The second-order valence-electron chi connectivity index (χ2n) is 4.52. The number of amidine groups is 1. The van der Waals surface area contributed by atoms with Gasteiger partial charge in [-0.05, 0) is 45.2 Å². The van der Waals surface area contributed by atoms with Crippen molar-refractivity contribution in [1.82, 2.24) is 4.90 Å². The smallest absolute Gasteiger partial charge is 0.0905 e. The molecule has 82 valence electrons. The van der Waals surface area contributed by atoms with Crippen LogP contribution in [0.3, 0.4) is 0 Å². The molecule has 0 bridgehead atoms. The zero-order valence-electron chi connectivity index (χ0n) is 9.42. The molecular formula is C11H23N3. The Balaban J connectivity index is 2.25. The summed E-state index contributed by atoms with van der Waals surface area (Å²) in [6.45, 7) is 6.98. The molecule has 14 heavy (non-hydrogen) atoms. The Morgan fingerprint density at radius 2 is 2.21 bits per heavy atom. The van der Waals surface area contributed by atoms with E-state index in [-0.39, 0.29) is 0 Å². The molecule has 0 aliphatic carbocycles. The minimum atomic E-state index is 0.322. The molecule has 1 aliphatic heterocycles. The van der Waals surface area contributed by atoms with Gasteiger partial charge in [-0.15, -0.1) is 0 Å². The summed E-state index contributed by atoms with van der Waals surface area (Å²) in [6, 6.07) is 0.704. The molecule has 0 aromatic heterocycles. The molecule has 2 unspecified atom stereocenters. The summed E-state index contributed by atoms with van der Waals surface area (Å²) >= 11 is 0. The largest absolute Gasteiger partial charge is 0.388 e. The summed E-state index contributed by atoms with van der Waals surface area (Å²) in [5.41, 5.74) is 5.33. The number of hydrogen-bond donors (Lipinski definition) is 2. The number of nitrogens with one attached hydrogen (secondary N) is 1. The van der Waals surface area contributed by atoms with Gasteiger partial charge >= 0.3 is 0 Å². The lowest BCUT2D eigenvalue weighted by Gasteiger charge is -2.37. The maximum Gasteiger partial charge on any atom is 0.0905 e. The van der Waals surface area contributed by atoms with Gasteiger partial charge in [0, 0.05) is 12.5 Å². The monoisotopic (exact) mass is 197 g/mol. The Labute approximate surface area is 87.2 Å². The molecule has 2 atom stereocenters. The minimum Gasteiger partial charge on any atom is -0.388 e. The molecule has 0 saturated carbocycles. The third-order valence-electron chi connectivity index (χ3n) is 3.40. The van der Waals surface area contributed by atoms with Crippen molar-refractivity contribution in [2.24, 2.45) is 11.7 Å². The topological polar surface area (TPSA) is 53.1 Å². The van der Waals surface area contributed by atoms with Crippen LogP contribution in [0.25, 0.3) is 0 Å². The number of hydrogen-bond acceptors (Lipinski definition) is 2. The van der Waals surface area contributed by atoms with Crippen LogP contribution in [0.2, 0.25) is 0 Å². The van der Waals surface area contributed by atoms with Gasteiger partial charge < -0.3 is 10.6 Å². The molecular weight excluding hydrogens is 174 g/mol. The highest BCUT2D eigenvalue weighted by atomic mass is 15.2. The molecule has 1 saturated heterocycles. The fraction of sp³-hybridized carbons (Fsp3) is 0.909. The van der Waals surface area contributed by atoms with E-state index in [0.717, 1.165) is 25.3 Å². The Morgan fingerprint density at radius 3 is 2.86 bits per heavy atom. The van der Waals surface area contributed by atoms with Crippen molar-refractivity contribution in [1.29, 1.82) is 5.41 Å². The predicted octanol–water partition coefficient (Wildman–Crippen LogP) is 1.82. The average Bonchev–Trinajstić information content (AvgIpc) is 2.12. The first-order chi connectivity index (χ1) is 6.61. The summed E-state index contributed by atoms with van der Waals surface area (Å²) in [7, 11) is 0. The highest BCUT2D eigenvalue weighted by molar-refractivity contribution is 5.76. The van der Waals surface area contributed by atoms with E-state index < -0.39 is 0 Å². The highest BCUT2D eigenvalue weighted by Gasteiger charge is 2.23. The maximum absolute atomic E-state index is 7.16. The first-order valence-electron chi connectivity index (χ1n) is 5.68. The van der Waals surface area contributed by atoms with Crippen molar-refractivity contribution in [2.75, 3.05) is 13.1 Å². The summed E-state index contributed by atoms with van der Waals surface area (Å²) < 4.78 is 0. The van der Waals surface area contributed by atoms with Crippen LogP contribution >= 0.6 is 0 Å². The van der Waals surface area contributed by atoms with Crippen LogP contribution < -0.4 is 5.73 Å². The van der Waals surface area contributed by atoms with Crippen LogP contribution in [0.5, 0.6) is 0 Å². The zero-order valence-corrected chi connectivity index (χ0v) is 9.42. The van der Waals surface area contributed by atoms with E-state index in [0.29, 0.717) is 11.9 Å². The van der Waals surface area contributed by atoms with Crippen LogP contribution in [0.4, 0.5) is 0 Å². The molecule has 3 N–H and O–H groups in total. The van der Waals surface area contributed by atoms with Crippen molar-refractivity contribution in [3.8, 4) is 0 Å². The van der Waals surface area contributed by atoms with Crippen molar-refractivity contribution in [3.63, 3.8) is 0 Å². The van der Waals surface area contributed by atoms with Gasteiger partial charge in [-0.1, -0.05) is 6.92 Å². The second-order valence-corrected chi connectivity index (χ2v) is 4.52. The zero-order chi connectivity index (χ0) is 10.6. The fourth-order valence-electron chi connectivity index (χ4n) is 2.21. The molecule has 0 radical (unpaired) electrons. The van der Waals surface area contributed by atoms with Gasteiger partial charge in [0.1, 0.15) is 0 Å². The molecule has 3 heteroatoms. The first kappa shape index (κ1) is 11.5. The highest BCUT2D eigenvalue weighted by Crippen LogP contribution is 2.22. The first-order valence-corrected chi connectivity index (χ1v) is 5.68. The molecule has 0 amide bonds. The van der Waals surface area contributed by atoms with Crippen LogP contribution in [0, 0.1) is 11.3 Å². The third-order valence-corrected chi connectivity index (χ3v) is 3.40. The molecule has 0 aromatic rings. The average molecular weight is 197 g/mol. The van der Waals surface area contributed by atoms with Crippen molar-refractivity contribution < 1.29 is 0 Å². The maximum atomic E-state index is 7.16. The van der Waals surface area contributed by atoms with Gasteiger partial charge in [0.25, 0.3) is 0 Å². The molecule has 1 rings (SSSR count). The van der Waals surface area contributed by atoms with E-state index in [4.69, 9.17) is 11.1 Å². The van der Waals surface area contributed by atoms with E-state index in [1.165, 1.54) is 19.4 Å². The fourth-order valence-corrected chi connectivity index (χ4v) is 2.21. The molecule has 3 nitrogen and oxygen atoms in total. The summed E-state index contributed by atoms with van der Waals surface area (Å²) in [4.78, 5) is 2.54. The number of rotatable bonds is 4. The van der Waals surface area contributed by atoms with Gasteiger partial charge in [0.15, 0.2) is 0 Å².